The Morgan fingerprint density at radius 2 is 0.939 bits per heavy atom. The van der Waals surface area contributed by atoms with E-state index in [4.69, 9.17) is 28.4 Å². The van der Waals surface area contributed by atoms with Crippen LogP contribution in [0.4, 0.5) is 0 Å². The van der Waals surface area contributed by atoms with Crippen molar-refractivity contribution in [1.29, 1.82) is 0 Å². The smallest absolute Gasteiger partial charge is 0.322 e. The first-order valence-corrected chi connectivity index (χ1v) is 10.4. The monoisotopic (exact) mass is 480 g/mol. The van der Waals surface area contributed by atoms with Crippen LogP contribution in [0.5, 0.6) is 0 Å². The minimum atomic E-state index is -2.27. The van der Waals surface area contributed by atoms with Crippen molar-refractivity contribution in [3.63, 3.8) is 0 Å². The van der Waals surface area contributed by atoms with Crippen LogP contribution in [0.2, 0.25) is 0 Å². The van der Waals surface area contributed by atoms with E-state index >= 15 is 0 Å². The van der Waals surface area contributed by atoms with Gasteiger partial charge < -0.3 is 38.6 Å². The summed E-state index contributed by atoms with van der Waals surface area (Å²) in [5.41, 5.74) is -4.54. The van der Waals surface area contributed by atoms with Gasteiger partial charge >= 0.3 is 11.9 Å². The molecule has 12 nitrogen and oxygen atoms in total. The van der Waals surface area contributed by atoms with Gasteiger partial charge in [-0.1, -0.05) is 0 Å². The molecule has 12 heteroatoms. The molecule has 0 fully saturated rings. The highest BCUT2D eigenvalue weighted by Crippen LogP contribution is 2.38. The molecule has 192 valence electrons. The van der Waals surface area contributed by atoms with Crippen LogP contribution in [0.1, 0.15) is 20.3 Å². The lowest BCUT2D eigenvalue weighted by Crippen LogP contribution is -2.53. The van der Waals surface area contributed by atoms with Gasteiger partial charge in [0.25, 0.3) is 0 Å². The molecule has 0 aliphatic heterocycles. The normalized spacial score (nSPS) is 14.7. The second-order valence-corrected chi connectivity index (χ2v) is 7.25. The van der Waals surface area contributed by atoms with Crippen molar-refractivity contribution in [2.24, 2.45) is 10.8 Å². The van der Waals surface area contributed by atoms with Crippen molar-refractivity contribution in [2.45, 2.75) is 20.3 Å². The Labute approximate surface area is 193 Å². The Morgan fingerprint density at radius 1 is 0.606 bits per heavy atom. The SMILES string of the molecule is COCCOCCOC(=O)[C@@](CO)(C[C@](CO)(C(C)=O)C(=O)OCCOCCOC)C(C)=O. The first-order chi connectivity index (χ1) is 15.7. The van der Waals surface area contributed by atoms with Crippen LogP contribution in [0.15, 0.2) is 0 Å². The van der Waals surface area contributed by atoms with Crippen LogP contribution in [-0.4, -0.2) is 114 Å². The van der Waals surface area contributed by atoms with Crippen LogP contribution < -0.4 is 0 Å². The van der Waals surface area contributed by atoms with Crippen molar-refractivity contribution >= 4 is 23.5 Å². The summed E-state index contributed by atoms with van der Waals surface area (Å²) in [5, 5.41) is 19.9. The van der Waals surface area contributed by atoms with E-state index < -0.39 is 54.0 Å². The second kappa shape index (κ2) is 16.6. The average Bonchev–Trinajstić information content (AvgIpc) is 2.79. The number of aliphatic hydroxyl groups excluding tert-OH is 2. The van der Waals surface area contributed by atoms with Crippen LogP contribution in [0, 0.1) is 10.8 Å². The number of aliphatic hydroxyl groups is 2. The first-order valence-electron chi connectivity index (χ1n) is 10.4. The molecule has 0 rings (SSSR count). The van der Waals surface area contributed by atoms with E-state index in [1.54, 1.807) is 0 Å². The standard InChI is InChI=1S/C21H36O12/c1-16(24)20(14-22,18(26)32-11-9-30-7-5-28-3)13-21(15-23,17(2)25)19(27)33-12-10-31-8-6-29-4/h22-23H,5-15H2,1-4H3/t20-,21+. The van der Waals surface area contributed by atoms with Gasteiger partial charge in [-0.2, -0.15) is 0 Å². The van der Waals surface area contributed by atoms with Crippen molar-refractivity contribution in [3.8, 4) is 0 Å². The van der Waals surface area contributed by atoms with Crippen molar-refractivity contribution in [3.05, 3.63) is 0 Å². The quantitative estimate of drug-likeness (QED) is 0.123. The Kier molecular flexibility index (Phi) is 15.6. The predicted molar refractivity (Wildman–Crippen MR) is 112 cm³/mol. The number of carbonyl (C=O) groups is 4. The highest BCUT2D eigenvalue weighted by molar-refractivity contribution is 6.07. The molecular formula is C21H36O12. The van der Waals surface area contributed by atoms with Gasteiger partial charge in [-0.3, -0.25) is 19.2 Å². The minimum absolute atomic E-state index is 0.00250. The summed E-state index contributed by atoms with van der Waals surface area (Å²) >= 11 is 0. The van der Waals surface area contributed by atoms with E-state index in [9.17, 15) is 29.4 Å². The number of carbonyl (C=O) groups excluding carboxylic acids is 4. The van der Waals surface area contributed by atoms with Gasteiger partial charge in [0.15, 0.2) is 10.8 Å². The van der Waals surface area contributed by atoms with Crippen molar-refractivity contribution < 1.29 is 57.8 Å². The zero-order valence-electron chi connectivity index (χ0n) is 19.8. The van der Waals surface area contributed by atoms with Crippen LogP contribution in [-0.2, 0) is 47.6 Å². The molecule has 0 aromatic heterocycles. The number of methoxy groups -OCH3 is 2. The molecule has 2 N–H and O–H groups in total. The lowest BCUT2D eigenvalue weighted by molar-refractivity contribution is -0.175. The third-order valence-electron chi connectivity index (χ3n) is 5.06. The molecule has 0 saturated heterocycles. The Hall–Kier alpha value is -1.96. The molecule has 0 unspecified atom stereocenters. The molecule has 0 aromatic rings. The molecule has 0 bridgehead atoms. The molecule has 33 heavy (non-hydrogen) atoms. The van der Waals surface area contributed by atoms with Gasteiger partial charge in [-0.15, -0.1) is 0 Å². The molecular weight excluding hydrogens is 444 g/mol. The molecule has 0 heterocycles. The maximum absolute atomic E-state index is 12.8. The molecule has 0 saturated carbocycles. The van der Waals surface area contributed by atoms with E-state index in [-0.39, 0.29) is 39.6 Å². The van der Waals surface area contributed by atoms with Gasteiger partial charge in [0.1, 0.15) is 24.8 Å². The van der Waals surface area contributed by atoms with Crippen molar-refractivity contribution in [2.75, 3.05) is 80.3 Å². The number of hydrogen-bond acceptors (Lipinski definition) is 12. The van der Waals surface area contributed by atoms with Gasteiger partial charge in [0.2, 0.25) is 0 Å². The Bertz CT molecular complexity index is 570. The number of ether oxygens (including phenoxy) is 6. The Morgan fingerprint density at radius 3 is 1.21 bits per heavy atom. The summed E-state index contributed by atoms with van der Waals surface area (Å²) in [5.74, 6) is -3.99. The fourth-order valence-electron chi connectivity index (χ4n) is 2.81. The third-order valence-corrected chi connectivity index (χ3v) is 5.06. The highest BCUT2D eigenvalue weighted by Gasteiger charge is 2.56. The van der Waals surface area contributed by atoms with E-state index in [1.807, 2.05) is 0 Å². The highest BCUT2D eigenvalue weighted by atomic mass is 16.6. The second-order valence-electron chi connectivity index (χ2n) is 7.25. The zero-order valence-corrected chi connectivity index (χ0v) is 19.8. The summed E-state index contributed by atoms with van der Waals surface area (Å²) in [7, 11) is 2.99. The first kappa shape index (κ1) is 31.0. The Balaban J connectivity index is 5.44. The summed E-state index contributed by atoms with van der Waals surface area (Å²) in [6, 6.07) is 0. The maximum Gasteiger partial charge on any atom is 0.322 e. The van der Waals surface area contributed by atoms with Crippen LogP contribution >= 0.6 is 0 Å². The summed E-state index contributed by atoms with van der Waals surface area (Å²) < 4.78 is 30.1. The molecule has 0 aromatic carbocycles. The fraction of sp³-hybridized carbons (Fsp3) is 0.810. The average molecular weight is 481 g/mol. The maximum atomic E-state index is 12.8. The lowest BCUT2D eigenvalue weighted by Gasteiger charge is -2.35. The van der Waals surface area contributed by atoms with Crippen LogP contribution in [0.25, 0.3) is 0 Å². The van der Waals surface area contributed by atoms with Crippen LogP contribution in [0.3, 0.4) is 0 Å². The number of esters is 2. The molecule has 0 amide bonds. The number of rotatable bonds is 20. The summed E-state index contributed by atoms with van der Waals surface area (Å²) in [6.45, 7) is 0.624. The number of Topliss-reactive ketones (excluding diaryl/α,β-unsaturated/α-hetero) is 2. The van der Waals surface area contributed by atoms with Gasteiger partial charge in [-0.25, -0.2) is 0 Å². The van der Waals surface area contributed by atoms with Gasteiger partial charge in [0.05, 0.1) is 52.9 Å². The molecule has 0 spiro atoms. The van der Waals surface area contributed by atoms with E-state index in [1.165, 1.54) is 14.2 Å². The zero-order chi connectivity index (χ0) is 25.3. The molecule has 2 atom stereocenters. The fourth-order valence-corrected chi connectivity index (χ4v) is 2.81. The topological polar surface area (TPSA) is 164 Å². The van der Waals surface area contributed by atoms with E-state index in [2.05, 4.69) is 0 Å². The summed E-state index contributed by atoms with van der Waals surface area (Å²) in [4.78, 5) is 50.4. The number of ketones is 2. The van der Waals surface area contributed by atoms with Gasteiger partial charge in [-0.05, 0) is 20.3 Å². The van der Waals surface area contributed by atoms with E-state index in [0.717, 1.165) is 13.8 Å². The predicted octanol–water partition coefficient (Wildman–Crippen LogP) is -1.08. The summed E-state index contributed by atoms with van der Waals surface area (Å²) in [6.07, 6.45) is -0.829. The molecule has 0 aliphatic rings. The third kappa shape index (κ3) is 9.43. The lowest BCUT2D eigenvalue weighted by atomic mass is 9.67. The number of hydrogen-bond donors (Lipinski definition) is 2. The molecule has 0 aliphatic carbocycles. The minimum Gasteiger partial charge on any atom is -0.462 e. The van der Waals surface area contributed by atoms with Gasteiger partial charge in [0, 0.05) is 14.2 Å². The van der Waals surface area contributed by atoms with Crippen molar-refractivity contribution in [1.82, 2.24) is 0 Å². The largest absolute Gasteiger partial charge is 0.462 e. The van der Waals surface area contributed by atoms with E-state index in [0.29, 0.717) is 13.2 Å². The molecule has 0 radical (unpaired) electrons.